The lowest BCUT2D eigenvalue weighted by molar-refractivity contribution is -0.119. The van der Waals surface area contributed by atoms with Crippen molar-refractivity contribution in [3.05, 3.63) is 69.7 Å². The van der Waals surface area contributed by atoms with E-state index in [1.54, 1.807) is 30.3 Å². The molecule has 0 fully saturated rings. The maximum absolute atomic E-state index is 11.8. The molecular weight excluding hydrogens is 355 g/mol. The SMILES string of the molecule is O=C(CSCc1cccc(Cl)c1)NNC(=O)c1ccc(Cl)cc1. The van der Waals surface area contributed by atoms with E-state index in [2.05, 4.69) is 10.9 Å². The zero-order valence-electron chi connectivity index (χ0n) is 12.0. The highest BCUT2D eigenvalue weighted by Crippen LogP contribution is 2.16. The zero-order valence-corrected chi connectivity index (χ0v) is 14.3. The minimum atomic E-state index is -0.394. The summed E-state index contributed by atoms with van der Waals surface area (Å²) < 4.78 is 0. The molecule has 0 bridgehead atoms. The molecule has 0 atom stereocenters. The molecule has 2 aromatic carbocycles. The predicted molar refractivity (Wildman–Crippen MR) is 94.7 cm³/mol. The molecule has 23 heavy (non-hydrogen) atoms. The van der Waals surface area contributed by atoms with Crippen LogP contribution >= 0.6 is 35.0 Å². The van der Waals surface area contributed by atoms with Crippen LogP contribution in [0.25, 0.3) is 0 Å². The second-order valence-electron chi connectivity index (χ2n) is 4.63. The molecule has 0 aromatic heterocycles. The fourth-order valence-electron chi connectivity index (χ4n) is 1.72. The fraction of sp³-hybridized carbons (Fsp3) is 0.125. The van der Waals surface area contributed by atoms with E-state index < -0.39 is 5.91 Å². The highest BCUT2D eigenvalue weighted by molar-refractivity contribution is 7.99. The van der Waals surface area contributed by atoms with E-state index >= 15 is 0 Å². The van der Waals surface area contributed by atoms with Crippen molar-refractivity contribution in [2.45, 2.75) is 5.75 Å². The van der Waals surface area contributed by atoms with Gasteiger partial charge in [0.15, 0.2) is 0 Å². The van der Waals surface area contributed by atoms with Crippen LogP contribution in [0.2, 0.25) is 10.0 Å². The van der Waals surface area contributed by atoms with Gasteiger partial charge in [0.25, 0.3) is 5.91 Å². The number of carbonyl (C=O) groups is 2. The monoisotopic (exact) mass is 368 g/mol. The van der Waals surface area contributed by atoms with Crippen LogP contribution in [0.1, 0.15) is 15.9 Å². The van der Waals surface area contributed by atoms with Crippen molar-refractivity contribution in [3.8, 4) is 0 Å². The van der Waals surface area contributed by atoms with E-state index in [0.29, 0.717) is 21.4 Å². The van der Waals surface area contributed by atoms with Gasteiger partial charge in [-0.15, -0.1) is 11.8 Å². The normalized spacial score (nSPS) is 10.2. The van der Waals surface area contributed by atoms with Crippen molar-refractivity contribution in [3.63, 3.8) is 0 Å². The van der Waals surface area contributed by atoms with Gasteiger partial charge in [-0.25, -0.2) is 0 Å². The largest absolute Gasteiger partial charge is 0.272 e. The lowest BCUT2D eigenvalue weighted by Crippen LogP contribution is -2.42. The summed E-state index contributed by atoms with van der Waals surface area (Å²) in [7, 11) is 0. The highest BCUT2D eigenvalue weighted by atomic mass is 35.5. The molecule has 0 unspecified atom stereocenters. The maximum atomic E-state index is 11.8. The number of thioether (sulfide) groups is 1. The summed E-state index contributed by atoms with van der Waals surface area (Å²) >= 11 is 13.1. The second-order valence-corrected chi connectivity index (χ2v) is 6.49. The van der Waals surface area contributed by atoms with Gasteiger partial charge in [-0.1, -0.05) is 35.3 Å². The van der Waals surface area contributed by atoms with Gasteiger partial charge in [-0.2, -0.15) is 0 Å². The Kier molecular flexibility index (Phi) is 6.77. The van der Waals surface area contributed by atoms with Crippen LogP contribution in [0.3, 0.4) is 0 Å². The van der Waals surface area contributed by atoms with Gasteiger partial charge in [-0.3, -0.25) is 20.4 Å². The van der Waals surface area contributed by atoms with Crippen molar-refractivity contribution in [1.82, 2.24) is 10.9 Å². The Bertz CT molecular complexity index is 693. The maximum Gasteiger partial charge on any atom is 0.269 e. The molecule has 4 nitrogen and oxygen atoms in total. The van der Waals surface area contributed by atoms with Gasteiger partial charge in [0, 0.05) is 21.4 Å². The summed E-state index contributed by atoms with van der Waals surface area (Å²) in [4.78, 5) is 23.5. The topological polar surface area (TPSA) is 58.2 Å². The van der Waals surface area contributed by atoms with Crippen molar-refractivity contribution < 1.29 is 9.59 Å². The number of hydrogen-bond donors (Lipinski definition) is 2. The van der Waals surface area contributed by atoms with E-state index in [-0.39, 0.29) is 11.7 Å². The molecule has 2 aromatic rings. The lowest BCUT2D eigenvalue weighted by Gasteiger charge is -2.07. The zero-order chi connectivity index (χ0) is 16.7. The summed E-state index contributed by atoms with van der Waals surface area (Å²) in [6.07, 6.45) is 0. The predicted octanol–water partition coefficient (Wildman–Crippen LogP) is 3.69. The third-order valence-corrected chi connectivity index (χ3v) is 4.30. The van der Waals surface area contributed by atoms with Crippen LogP contribution in [0.4, 0.5) is 0 Å². The van der Waals surface area contributed by atoms with Gasteiger partial charge in [0.05, 0.1) is 5.75 Å². The molecular formula is C16H14Cl2N2O2S. The summed E-state index contributed by atoms with van der Waals surface area (Å²) in [5.74, 6) is 0.223. The van der Waals surface area contributed by atoms with Crippen LogP contribution in [-0.2, 0) is 10.5 Å². The quantitative estimate of drug-likeness (QED) is 0.791. The molecule has 7 heteroatoms. The first-order valence-corrected chi connectivity index (χ1v) is 8.62. The van der Waals surface area contributed by atoms with Gasteiger partial charge >= 0.3 is 0 Å². The molecule has 0 spiro atoms. The van der Waals surface area contributed by atoms with Crippen molar-refractivity contribution in [1.29, 1.82) is 0 Å². The van der Waals surface area contributed by atoms with Crippen LogP contribution in [0, 0.1) is 0 Å². The number of rotatable bonds is 5. The molecule has 0 aliphatic rings. The molecule has 2 N–H and O–H groups in total. The number of benzene rings is 2. The molecule has 2 amide bonds. The summed E-state index contributed by atoms with van der Waals surface area (Å²) in [6, 6.07) is 13.8. The summed E-state index contributed by atoms with van der Waals surface area (Å²) in [5.41, 5.74) is 6.19. The molecule has 0 aliphatic carbocycles. The Morgan fingerprint density at radius 1 is 0.957 bits per heavy atom. The number of carbonyl (C=O) groups excluding carboxylic acids is 2. The molecule has 0 saturated carbocycles. The van der Waals surface area contributed by atoms with E-state index in [4.69, 9.17) is 23.2 Å². The first-order valence-electron chi connectivity index (χ1n) is 6.71. The number of hydrogen-bond acceptors (Lipinski definition) is 3. The Balaban J connectivity index is 1.70. The smallest absolute Gasteiger partial charge is 0.269 e. The molecule has 0 radical (unpaired) electrons. The Morgan fingerprint density at radius 2 is 1.70 bits per heavy atom. The van der Waals surface area contributed by atoms with E-state index in [9.17, 15) is 9.59 Å². The summed E-state index contributed by atoms with van der Waals surface area (Å²) in [5, 5.41) is 1.21. The van der Waals surface area contributed by atoms with Crippen molar-refractivity contribution >= 4 is 46.8 Å². The third-order valence-electron chi connectivity index (χ3n) is 2.81. The van der Waals surface area contributed by atoms with E-state index in [1.807, 2.05) is 18.2 Å². The summed E-state index contributed by atoms with van der Waals surface area (Å²) in [6.45, 7) is 0. The average molecular weight is 369 g/mol. The third kappa shape index (κ3) is 6.14. The van der Waals surface area contributed by atoms with Gasteiger partial charge in [0.1, 0.15) is 0 Å². The first kappa shape index (κ1) is 17.7. The van der Waals surface area contributed by atoms with Gasteiger partial charge < -0.3 is 0 Å². The number of halogens is 2. The van der Waals surface area contributed by atoms with Crippen molar-refractivity contribution in [2.24, 2.45) is 0 Å². The minimum absolute atomic E-state index is 0.230. The second kappa shape index (κ2) is 8.82. The number of amides is 2. The molecule has 0 aliphatic heterocycles. The Hall–Kier alpha value is -1.69. The average Bonchev–Trinajstić information content (AvgIpc) is 2.53. The fourth-order valence-corrected chi connectivity index (χ4v) is 2.84. The van der Waals surface area contributed by atoms with Crippen molar-refractivity contribution in [2.75, 3.05) is 5.75 Å². The lowest BCUT2D eigenvalue weighted by atomic mass is 10.2. The first-order chi connectivity index (χ1) is 11.0. The molecule has 2 rings (SSSR count). The van der Waals surface area contributed by atoms with Crippen LogP contribution in [0.5, 0.6) is 0 Å². The van der Waals surface area contributed by atoms with E-state index in [1.165, 1.54) is 11.8 Å². The highest BCUT2D eigenvalue weighted by Gasteiger charge is 2.07. The Morgan fingerprint density at radius 3 is 2.39 bits per heavy atom. The molecule has 0 saturated heterocycles. The van der Waals surface area contributed by atoms with Crippen LogP contribution in [-0.4, -0.2) is 17.6 Å². The standard InChI is InChI=1S/C16H14Cl2N2O2S/c17-13-6-4-12(5-7-13)16(22)20-19-15(21)10-23-9-11-2-1-3-14(18)8-11/h1-8H,9-10H2,(H,19,21)(H,20,22). The molecule has 0 heterocycles. The van der Waals surface area contributed by atoms with Gasteiger partial charge in [-0.05, 0) is 42.0 Å². The van der Waals surface area contributed by atoms with Crippen LogP contribution < -0.4 is 10.9 Å². The Labute approximate surface area is 148 Å². The van der Waals surface area contributed by atoms with E-state index in [0.717, 1.165) is 5.56 Å². The number of nitrogens with one attached hydrogen (secondary N) is 2. The van der Waals surface area contributed by atoms with Crippen LogP contribution in [0.15, 0.2) is 48.5 Å². The van der Waals surface area contributed by atoms with Gasteiger partial charge in [0.2, 0.25) is 5.91 Å². The number of hydrazine groups is 1. The minimum Gasteiger partial charge on any atom is -0.272 e. The molecule has 120 valence electrons.